The number of nitrogens with one attached hydrogen (secondary N) is 2. The molecule has 7 heteroatoms. The summed E-state index contributed by atoms with van der Waals surface area (Å²) in [6, 6.07) is 11.9. The number of anilines is 1. The Bertz CT molecular complexity index is 756. The number of benzene rings is 1. The molecule has 0 saturated carbocycles. The van der Waals surface area contributed by atoms with Gasteiger partial charge in [-0.25, -0.2) is 4.99 Å². The number of nitrogens with zero attached hydrogens (tertiary/aromatic N) is 2. The number of rotatable bonds is 9. The number of guanidine groups is 1. The number of amides is 1. The summed E-state index contributed by atoms with van der Waals surface area (Å²) in [5.41, 5.74) is 2.06. The zero-order chi connectivity index (χ0) is 19.6. The number of hydrogen-bond acceptors (Lipinski definition) is 4. The smallest absolute Gasteiger partial charge is 0.227 e. The van der Waals surface area contributed by atoms with Crippen LogP contribution in [0.5, 0.6) is 0 Å². The minimum absolute atomic E-state index is 0.205. The normalized spacial score (nSPS) is 14.5. The topological polar surface area (TPSA) is 79.1 Å². The molecule has 2 N–H and O–H groups in total. The Morgan fingerprint density at radius 3 is 2.71 bits per heavy atom. The van der Waals surface area contributed by atoms with Crippen LogP contribution in [0.2, 0.25) is 0 Å². The minimum atomic E-state index is 0.205. The standard InChI is InChI=1S/C21H28N4O3/c1-27-15-12-23-21(22-11-10-19-4-3-14-28-19)24-16-17-6-8-18(9-7-17)25-13-2-5-20(25)26/h3-4,6-9,14H,2,5,10-13,15-16H2,1H3,(H2,22,23,24). The molecule has 2 heterocycles. The molecule has 0 spiro atoms. The van der Waals surface area contributed by atoms with Gasteiger partial charge in [0.25, 0.3) is 0 Å². The first kappa shape index (κ1) is 19.9. The third-order valence-corrected chi connectivity index (χ3v) is 4.58. The van der Waals surface area contributed by atoms with E-state index in [0.717, 1.165) is 48.9 Å². The van der Waals surface area contributed by atoms with Gasteiger partial charge in [0.1, 0.15) is 5.76 Å². The van der Waals surface area contributed by atoms with Crippen molar-refractivity contribution in [3.05, 3.63) is 54.0 Å². The fourth-order valence-corrected chi connectivity index (χ4v) is 3.08. The number of carbonyl (C=O) groups is 1. The van der Waals surface area contributed by atoms with Crippen LogP contribution in [0, 0.1) is 0 Å². The van der Waals surface area contributed by atoms with Crippen LogP contribution in [0.1, 0.15) is 24.2 Å². The molecule has 1 aromatic heterocycles. The molecule has 1 aliphatic rings. The summed E-state index contributed by atoms with van der Waals surface area (Å²) in [6.45, 7) is 3.37. The van der Waals surface area contributed by atoms with Crippen molar-refractivity contribution in [3.8, 4) is 0 Å². The van der Waals surface area contributed by atoms with Crippen molar-refractivity contribution in [2.75, 3.05) is 38.3 Å². The Morgan fingerprint density at radius 1 is 1.21 bits per heavy atom. The lowest BCUT2D eigenvalue weighted by molar-refractivity contribution is -0.117. The average molecular weight is 384 g/mol. The molecule has 0 atom stereocenters. The molecular weight excluding hydrogens is 356 g/mol. The van der Waals surface area contributed by atoms with Crippen LogP contribution >= 0.6 is 0 Å². The summed E-state index contributed by atoms with van der Waals surface area (Å²) in [6.07, 6.45) is 4.05. The molecule has 7 nitrogen and oxygen atoms in total. The van der Waals surface area contributed by atoms with Crippen LogP contribution in [0.25, 0.3) is 0 Å². The largest absolute Gasteiger partial charge is 0.469 e. The summed E-state index contributed by atoms with van der Waals surface area (Å²) < 4.78 is 10.5. The Labute approximate surface area is 165 Å². The van der Waals surface area contributed by atoms with Gasteiger partial charge in [0.15, 0.2) is 5.96 Å². The third kappa shape index (κ3) is 5.85. The van der Waals surface area contributed by atoms with Gasteiger partial charge in [0.2, 0.25) is 5.91 Å². The quantitative estimate of drug-likeness (QED) is 0.394. The molecular formula is C21H28N4O3. The van der Waals surface area contributed by atoms with E-state index in [1.54, 1.807) is 13.4 Å². The van der Waals surface area contributed by atoms with Gasteiger partial charge < -0.3 is 24.7 Å². The minimum Gasteiger partial charge on any atom is -0.469 e. The van der Waals surface area contributed by atoms with Gasteiger partial charge in [0.05, 0.1) is 19.4 Å². The molecule has 1 aromatic carbocycles. The molecule has 3 rings (SSSR count). The third-order valence-electron chi connectivity index (χ3n) is 4.58. The highest BCUT2D eigenvalue weighted by Gasteiger charge is 2.21. The first-order valence-corrected chi connectivity index (χ1v) is 9.69. The lowest BCUT2D eigenvalue weighted by Crippen LogP contribution is -2.40. The molecule has 1 amide bonds. The summed E-state index contributed by atoms with van der Waals surface area (Å²) in [4.78, 5) is 18.4. The first-order chi connectivity index (χ1) is 13.8. The van der Waals surface area contributed by atoms with Crippen molar-refractivity contribution >= 4 is 17.6 Å². The van der Waals surface area contributed by atoms with Crippen LogP contribution in [-0.4, -0.2) is 45.2 Å². The SMILES string of the molecule is COCCNC(=NCc1ccc(N2CCCC2=O)cc1)NCCc1ccco1. The van der Waals surface area contributed by atoms with Crippen LogP contribution in [-0.2, 0) is 22.5 Å². The van der Waals surface area contributed by atoms with E-state index in [4.69, 9.17) is 9.15 Å². The van der Waals surface area contributed by atoms with Crippen molar-refractivity contribution in [1.29, 1.82) is 0 Å². The highest BCUT2D eigenvalue weighted by atomic mass is 16.5. The predicted octanol–water partition coefficient (Wildman–Crippen LogP) is 2.33. The molecule has 28 heavy (non-hydrogen) atoms. The second-order valence-electron chi connectivity index (χ2n) is 6.66. The van der Waals surface area contributed by atoms with Gasteiger partial charge in [-0.1, -0.05) is 12.1 Å². The van der Waals surface area contributed by atoms with Crippen LogP contribution < -0.4 is 15.5 Å². The van der Waals surface area contributed by atoms with E-state index in [1.807, 2.05) is 41.3 Å². The second-order valence-corrected chi connectivity index (χ2v) is 6.66. The van der Waals surface area contributed by atoms with Crippen LogP contribution in [0.3, 0.4) is 0 Å². The van der Waals surface area contributed by atoms with Crippen molar-refractivity contribution < 1.29 is 13.9 Å². The van der Waals surface area contributed by atoms with Crippen molar-refractivity contribution in [2.45, 2.75) is 25.8 Å². The van der Waals surface area contributed by atoms with Crippen LogP contribution in [0.4, 0.5) is 5.69 Å². The van der Waals surface area contributed by atoms with E-state index in [9.17, 15) is 4.79 Å². The molecule has 150 valence electrons. The van der Waals surface area contributed by atoms with Gasteiger partial charge in [-0.3, -0.25) is 4.79 Å². The molecule has 0 radical (unpaired) electrons. The maximum atomic E-state index is 11.9. The Morgan fingerprint density at radius 2 is 2.04 bits per heavy atom. The number of carbonyl (C=O) groups excluding carboxylic acids is 1. The fraction of sp³-hybridized carbons (Fsp3) is 0.429. The average Bonchev–Trinajstić information content (AvgIpc) is 3.38. The van der Waals surface area contributed by atoms with Gasteiger partial charge >= 0.3 is 0 Å². The molecule has 1 saturated heterocycles. The van der Waals surface area contributed by atoms with Gasteiger partial charge in [-0.2, -0.15) is 0 Å². The Balaban J connectivity index is 1.55. The number of methoxy groups -OCH3 is 1. The molecule has 0 bridgehead atoms. The zero-order valence-corrected chi connectivity index (χ0v) is 16.3. The van der Waals surface area contributed by atoms with Crippen molar-refractivity contribution in [3.63, 3.8) is 0 Å². The van der Waals surface area contributed by atoms with Gasteiger partial charge in [-0.15, -0.1) is 0 Å². The maximum Gasteiger partial charge on any atom is 0.227 e. The summed E-state index contributed by atoms with van der Waals surface area (Å²) in [5, 5.41) is 6.58. The number of ether oxygens (including phenoxy) is 1. The highest BCUT2D eigenvalue weighted by Crippen LogP contribution is 2.21. The highest BCUT2D eigenvalue weighted by molar-refractivity contribution is 5.95. The van der Waals surface area contributed by atoms with Gasteiger partial charge in [0, 0.05) is 45.3 Å². The molecule has 1 aliphatic heterocycles. The van der Waals surface area contributed by atoms with E-state index in [2.05, 4.69) is 15.6 Å². The summed E-state index contributed by atoms with van der Waals surface area (Å²) in [5.74, 6) is 1.88. The Kier molecular flexibility index (Phi) is 7.49. The first-order valence-electron chi connectivity index (χ1n) is 9.69. The maximum absolute atomic E-state index is 11.9. The van der Waals surface area contributed by atoms with Crippen molar-refractivity contribution in [1.82, 2.24) is 10.6 Å². The summed E-state index contributed by atoms with van der Waals surface area (Å²) in [7, 11) is 1.68. The zero-order valence-electron chi connectivity index (χ0n) is 16.3. The van der Waals surface area contributed by atoms with E-state index < -0.39 is 0 Å². The number of furan rings is 1. The van der Waals surface area contributed by atoms with E-state index >= 15 is 0 Å². The fourth-order valence-electron chi connectivity index (χ4n) is 3.08. The number of aliphatic imine (C=N–C) groups is 1. The van der Waals surface area contributed by atoms with E-state index in [1.165, 1.54) is 0 Å². The predicted molar refractivity (Wildman–Crippen MR) is 109 cm³/mol. The Hall–Kier alpha value is -2.80. The second kappa shape index (κ2) is 10.5. The van der Waals surface area contributed by atoms with E-state index in [0.29, 0.717) is 26.1 Å². The number of hydrogen-bond donors (Lipinski definition) is 2. The van der Waals surface area contributed by atoms with E-state index in [-0.39, 0.29) is 5.91 Å². The molecule has 2 aromatic rings. The monoisotopic (exact) mass is 384 g/mol. The van der Waals surface area contributed by atoms with Gasteiger partial charge in [-0.05, 0) is 36.2 Å². The molecule has 0 unspecified atom stereocenters. The summed E-state index contributed by atoms with van der Waals surface area (Å²) >= 11 is 0. The van der Waals surface area contributed by atoms with Crippen molar-refractivity contribution in [2.24, 2.45) is 4.99 Å². The van der Waals surface area contributed by atoms with Crippen LogP contribution in [0.15, 0.2) is 52.1 Å². The lowest BCUT2D eigenvalue weighted by atomic mass is 10.2. The molecule has 0 aliphatic carbocycles. The lowest BCUT2D eigenvalue weighted by Gasteiger charge is -2.16. The molecule has 1 fully saturated rings.